The second kappa shape index (κ2) is 14.5. The smallest absolute Gasteiger partial charge is 0.269 e. The topological polar surface area (TPSA) is 168 Å². The van der Waals surface area contributed by atoms with Crippen molar-refractivity contribution in [1.29, 1.82) is 0 Å². The standard InChI is InChI=1S/C23H28N6O8/c30-21(15-18-1-3-20(4-2-18)29(33)34)24-7-9-35-11-13-37-14-12-36-10-8-27-16-19(25-26-27)17-28-22(31)5-6-23(28)32/h1-6,16H,7-15,17H2,(H,24,30). The molecule has 37 heavy (non-hydrogen) atoms. The van der Waals surface area contributed by atoms with Crippen molar-refractivity contribution in [2.75, 3.05) is 46.2 Å². The van der Waals surface area contributed by atoms with E-state index in [9.17, 15) is 24.5 Å². The number of hydrogen-bond acceptors (Lipinski definition) is 10. The van der Waals surface area contributed by atoms with Gasteiger partial charge in [-0.3, -0.25) is 29.4 Å². The molecule has 14 heteroatoms. The fraction of sp³-hybridized carbons (Fsp3) is 0.435. The van der Waals surface area contributed by atoms with Crippen LogP contribution in [0.2, 0.25) is 0 Å². The van der Waals surface area contributed by atoms with Gasteiger partial charge in [-0.05, 0) is 5.56 Å². The molecule has 1 aliphatic heterocycles. The van der Waals surface area contributed by atoms with E-state index in [1.54, 1.807) is 23.0 Å². The van der Waals surface area contributed by atoms with Crippen LogP contribution < -0.4 is 5.32 Å². The number of nitro benzene ring substituents is 1. The van der Waals surface area contributed by atoms with E-state index in [1.165, 1.54) is 24.3 Å². The van der Waals surface area contributed by atoms with E-state index in [4.69, 9.17) is 14.2 Å². The summed E-state index contributed by atoms with van der Waals surface area (Å²) in [6.45, 7) is 3.16. The van der Waals surface area contributed by atoms with Gasteiger partial charge in [0.1, 0.15) is 5.69 Å². The summed E-state index contributed by atoms with van der Waals surface area (Å²) in [7, 11) is 0. The van der Waals surface area contributed by atoms with Crippen LogP contribution in [0.5, 0.6) is 0 Å². The lowest BCUT2D eigenvalue weighted by molar-refractivity contribution is -0.384. The van der Waals surface area contributed by atoms with Crippen molar-refractivity contribution in [2.24, 2.45) is 0 Å². The van der Waals surface area contributed by atoms with Gasteiger partial charge < -0.3 is 19.5 Å². The van der Waals surface area contributed by atoms with E-state index in [0.29, 0.717) is 64.0 Å². The highest BCUT2D eigenvalue weighted by Gasteiger charge is 2.24. The average molecular weight is 517 g/mol. The average Bonchev–Trinajstić information content (AvgIpc) is 3.46. The highest BCUT2D eigenvalue weighted by Crippen LogP contribution is 2.12. The number of carbonyl (C=O) groups is 3. The maximum atomic E-state index is 11.9. The van der Waals surface area contributed by atoms with Crippen molar-refractivity contribution in [2.45, 2.75) is 19.5 Å². The Labute approximate surface area is 212 Å². The largest absolute Gasteiger partial charge is 0.377 e. The molecule has 3 amide bonds. The minimum Gasteiger partial charge on any atom is -0.377 e. The summed E-state index contributed by atoms with van der Waals surface area (Å²) in [4.78, 5) is 46.3. The molecule has 198 valence electrons. The zero-order valence-corrected chi connectivity index (χ0v) is 20.1. The third-order valence-electron chi connectivity index (χ3n) is 5.10. The minimum absolute atomic E-state index is 0.0148. The quantitative estimate of drug-likeness (QED) is 0.131. The Morgan fingerprint density at radius 1 is 0.946 bits per heavy atom. The van der Waals surface area contributed by atoms with Crippen LogP contribution in [-0.2, 0) is 48.1 Å². The van der Waals surface area contributed by atoms with E-state index < -0.39 is 4.92 Å². The van der Waals surface area contributed by atoms with E-state index in [0.717, 1.165) is 4.90 Å². The third-order valence-corrected chi connectivity index (χ3v) is 5.10. The lowest BCUT2D eigenvalue weighted by Gasteiger charge is -2.10. The van der Waals surface area contributed by atoms with Gasteiger partial charge >= 0.3 is 0 Å². The first kappa shape index (κ1) is 27.6. The highest BCUT2D eigenvalue weighted by atomic mass is 16.6. The minimum atomic E-state index is -0.486. The number of nitrogens with zero attached hydrogens (tertiary/aromatic N) is 5. The fourth-order valence-electron chi connectivity index (χ4n) is 3.22. The number of nitrogens with one attached hydrogen (secondary N) is 1. The number of carbonyl (C=O) groups excluding carboxylic acids is 3. The summed E-state index contributed by atoms with van der Waals surface area (Å²) in [6.07, 6.45) is 4.25. The van der Waals surface area contributed by atoms with Crippen LogP contribution in [0.4, 0.5) is 5.69 Å². The maximum absolute atomic E-state index is 11.9. The number of amides is 3. The van der Waals surface area contributed by atoms with Gasteiger partial charge in [-0.25, -0.2) is 4.68 Å². The van der Waals surface area contributed by atoms with Crippen LogP contribution in [0.1, 0.15) is 11.3 Å². The normalized spacial score (nSPS) is 12.9. The van der Waals surface area contributed by atoms with Gasteiger partial charge in [0.25, 0.3) is 17.5 Å². The zero-order valence-electron chi connectivity index (χ0n) is 20.1. The van der Waals surface area contributed by atoms with Crippen LogP contribution in [0.15, 0.2) is 42.6 Å². The molecule has 1 N–H and O–H groups in total. The van der Waals surface area contributed by atoms with Crippen LogP contribution >= 0.6 is 0 Å². The van der Waals surface area contributed by atoms with E-state index in [-0.39, 0.29) is 36.4 Å². The Morgan fingerprint density at radius 2 is 1.57 bits per heavy atom. The zero-order chi connectivity index (χ0) is 26.5. The summed E-state index contributed by atoms with van der Waals surface area (Å²) in [5.74, 6) is -0.921. The maximum Gasteiger partial charge on any atom is 0.269 e. The molecule has 0 unspecified atom stereocenters. The molecule has 0 bridgehead atoms. The lowest BCUT2D eigenvalue weighted by atomic mass is 10.1. The Bertz CT molecular complexity index is 1080. The van der Waals surface area contributed by atoms with E-state index in [2.05, 4.69) is 15.6 Å². The molecule has 1 aliphatic rings. The van der Waals surface area contributed by atoms with Gasteiger partial charge in [0, 0.05) is 30.8 Å². The molecule has 0 fully saturated rings. The van der Waals surface area contributed by atoms with Crippen molar-refractivity contribution in [1.82, 2.24) is 25.2 Å². The van der Waals surface area contributed by atoms with Gasteiger partial charge in [0.15, 0.2) is 0 Å². The Hall–Kier alpha value is -4.01. The molecule has 0 aliphatic carbocycles. The summed E-state index contributed by atoms with van der Waals surface area (Å²) < 4.78 is 17.9. The first-order chi connectivity index (χ1) is 17.9. The van der Waals surface area contributed by atoms with Crippen LogP contribution in [0.25, 0.3) is 0 Å². The molecule has 0 atom stereocenters. The summed E-state index contributed by atoms with van der Waals surface area (Å²) >= 11 is 0. The highest BCUT2D eigenvalue weighted by molar-refractivity contribution is 6.12. The number of rotatable bonds is 17. The van der Waals surface area contributed by atoms with Crippen LogP contribution in [-0.4, -0.2) is 88.7 Å². The van der Waals surface area contributed by atoms with Crippen molar-refractivity contribution in [3.05, 3.63) is 64.0 Å². The van der Waals surface area contributed by atoms with Crippen molar-refractivity contribution < 1.29 is 33.5 Å². The van der Waals surface area contributed by atoms with E-state index >= 15 is 0 Å². The first-order valence-corrected chi connectivity index (χ1v) is 11.6. The van der Waals surface area contributed by atoms with Gasteiger partial charge in [-0.1, -0.05) is 17.3 Å². The van der Waals surface area contributed by atoms with Crippen LogP contribution in [0, 0.1) is 10.1 Å². The molecule has 1 aromatic heterocycles. The SMILES string of the molecule is O=C(Cc1ccc([N+](=O)[O-])cc1)NCCOCCOCCOCCn1cc(CN2C(=O)C=CC2=O)nn1. The predicted octanol–water partition coefficient (Wildman–Crippen LogP) is 0.0200. The Balaban J connectivity index is 1.12. The summed E-state index contributed by atoms with van der Waals surface area (Å²) in [6, 6.07) is 5.85. The Kier molecular flexibility index (Phi) is 10.8. The molecular weight excluding hydrogens is 488 g/mol. The molecule has 3 rings (SSSR count). The van der Waals surface area contributed by atoms with Gasteiger partial charge in [-0.2, -0.15) is 0 Å². The van der Waals surface area contributed by atoms with Crippen LogP contribution in [0.3, 0.4) is 0 Å². The number of non-ortho nitro benzene ring substituents is 1. The predicted molar refractivity (Wildman–Crippen MR) is 127 cm³/mol. The summed E-state index contributed by atoms with van der Waals surface area (Å²) in [5.41, 5.74) is 1.19. The monoisotopic (exact) mass is 516 g/mol. The number of hydrogen-bond donors (Lipinski definition) is 1. The van der Waals surface area contributed by atoms with Gasteiger partial charge in [0.2, 0.25) is 5.91 Å². The van der Waals surface area contributed by atoms with Crippen molar-refractivity contribution >= 4 is 23.4 Å². The second-order valence-corrected chi connectivity index (χ2v) is 7.86. The number of nitro groups is 1. The molecular formula is C23H28N6O8. The second-order valence-electron chi connectivity index (χ2n) is 7.86. The molecule has 0 saturated heterocycles. The van der Waals surface area contributed by atoms with Crippen molar-refractivity contribution in [3.63, 3.8) is 0 Å². The molecule has 2 aromatic rings. The molecule has 0 spiro atoms. The number of benzene rings is 1. The third kappa shape index (κ3) is 9.51. The first-order valence-electron chi connectivity index (χ1n) is 11.6. The molecule has 14 nitrogen and oxygen atoms in total. The molecule has 1 aromatic carbocycles. The molecule has 2 heterocycles. The molecule has 0 saturated carbocycles. The number of imide groups is 1. The molecule has 0 radical (unpaired) electrons. The van der Waals surface area contributed by atoms with Gasteiger partial charge in [0.05, 0.1) is 70.3 Å². The lowest BCUT2D eigenvalue weighted by Crippen LogP contribution is -2.29. The van der Waals surface area contributed by atoms with Crippen molar-refractivity contribution in [3.8, 4) is 0 Å². The number of ether oxygens (including phenoxy) is 3. The summed E-state index contributed by atoms with van der Waals surface area (Å²) in [5, 5.41) is 21.3. The number of aromatic nitrogens is 3. The van der Waals surface area contributed by atoms with E-state index in [1.807, 2.05) is 0 Å². The Morgan fingerprint density at radius 3 is 2.22 bits per heavy atom. The fourth-order valence-corrected chi connectivity index (χ4v) is 3.22. The van der Waals surface area contributed by atoms with Gasteiger partial charge in [-0.15, -0.1) is 5.10 Å².